The van der Waals surface area contributed by atoms with Crippen LogP contribution in [0.25, 0.3) is 0 Å². The van der Waals surface area contributed by atoms with Gasteiger partial charge in [-0.05, 0) is 31.1 Å². The van der Waals surface area contributed by atoms with Crippen molar-refractivity contribution in [2.45, 2.75) is 66.7 Å². The largest absolute Gasteiger partial charge is 0.369 e. The van der Waals surface area contributed by atoms with Crippen molar-refractivity contribution < 1.29 is 4.79 Å². The Morgan fingerprint density at radius 1 is 1.12 bits per heavy atom. The molecule has 0 aromatic carbocycles. The van der Waals surface area contributed by atoms with Crippen LogP contribution in [0.4, 0.5) is 0 Å². The van der Waals surface area contributed by atoms with Gasteiger partial charge in [0.15, 0.2) is 0 Å². The Kier molecular flexibility index (Phi) is 6.70. The summed E-state index contributed by atoms with van der Waals surface area (Å²) < 4.78 is 0. The van der Waals surface area contributed by atoms with E-state index in [4.69, 9.17) is 5.73 Å². The second-order valence-corrected chi connectivity index (χ2v) is 5.94. The summed E-state index contributed by atoms with van der Waals surface area (Å²) >= 11 is 0. The molecule has 0 rings (SSSR count). The van der Waals surface area contributed by atoms with E-state index < -0.39 is 0 Å². The molecule has 0 spiro atoms. The number of carbonyl (C=O) groups is 1. The summed E-state index contributed by atoms with van der Waals surface area (Å²) in [5.41, 5.74) is 5.40. The van der Waals surface area contributed by atoms with Gasteiger partial charge in [0.25, 0.3) is 0 Å². The van der Waals surface area contributed by atoms with Gasteiger partial charge in [0.05, 0.1) is 0 Å². The highest BCUT2D eigenvalue weighted by atomic mass is 16.1. The van der Waals surface area contributed by atoms with Crippen LogP contribution in [0.2, 0.25) is 0 Å². The van der Waals surface area contributed by atoms with E-state index in [0.717, 1.165) is 32.1 Å². The maximum absolute atomic E-state index is 11.8. The van der Waals surface area contributed by atoms with Gasteiger partial charge in [-0.15, -0.1) is 0 Å². The van der Waals surface area contributed by atoms with Gasteiger partial charge in [-0.25, -0.2) is 0 Å². The summed E-state index contributed by atoms with van der Waals surface area (Å²) in [5.74, 6) is 0.967. The fourth-order valence-corrected chi connectivity index (χ4v) is 2.69. The van der Waals surface area contributed by atoms with E-state index in [1.54, 1.807) is 0 Å². The molecule has 2 nitrogen and oxygen atoms in total. The quantitative estimate of drug-likeness (QED) is 0.674. The van der Waals surface area contributed by atoms with Crippen molar-refractivity contribution in [1.29, 1.82) is 0 Å². The van der Waals surface area contributed by atoms with Crippen molar-refractivity contribution >= 4 is 5.91 Å². The molecular formula is C14H29NO. The van der Waals surface area contributed by atoms with Gasteiger partial charge >= 0.3 is 0 Å². The molecule has 0 aliphatic carbocycles. The third-order valence-corrected chi connectivity index (χ3v) is 3.13. The summed E-state index contributed by atoms with van der Waals surface area (Å²) in [7, 11) is 0. The molecule has 0 saturated heterocycles. The van der Waals surface area contributed by atoms with Crippen LogP contribution in [0.3, 0.4) is 0 Å². The maximum atomic E-state index is 11.8. The molecule has 0 fully saturated rings. The number of rotatable bonds is 8. The molecule has 0 heterocycles. The molecule has 0 bridgehead atoms. The first kappa shape index (κ1) is 15.5. The van der Waals surface area contributed by atoms with Crippen molar-refractivity contribution in [3.8, 4) is 0 Å². The Labute approximate surface area is 101 Å². The van der Waals surface area contributed by atoms with Crippen LogP contribution >= 0.6 is 0 Å². The number of hydrogen-bond donors (Lipinski definition) is 1. The van der Waals surface area contributed by atoms with Crippen molar-refractivity contribution in [1.82, 2.24) is 0 Å². The summed E-state index contributed by atoms with van der Waals surface area (Å²) in [6.45, 7) is 10.8. The van der Waals surface area contributed by atoms with E-state index in [-0.39, 0.29) is 11.3 Å². The molecule has 0 aliphatic heterocycles. The topological polar surface area (TPSA) is 43.1 Å². The zero-order valence-corrected chi connectivity index (χ0v) is 11.7. The predicted octanol–water partition coefficient (Wildman–Crippen LogP) is 3.74. The van der Waals surface area contributed by atoms with Crippen LogP contribution in [0.1, 0.15) is 66.7 Å². The highest BCUT2D eigenvalue weighted by molar-refractivity contribution is 5.80. The van der Waals surface area contributed by atoms with Crippen LogP contribution in [-0.4, -0.2) is 5.91 Å². The van der Waals surface area contributed by atoms with Crippen molar-refractivity contribution in [3.05, 3.63) is 0 Å². The fourth-order valence-electron chi connectivity index (χ4n) is 2.69. The molecule has 96 valence electrons. The van der Waals surface area contributed by atoms with E-state index in [1.165, 1.54) is 0 Å². The molecule has 0 aromatic rings. The van der Waals surface area contributed by atoms with Crippen molar-refractivity contribution in [2.75, 3.05) is 0 Å². The SMILES string of the molecule is CCCCC(CC(C)C)(CC(C)C)C(N)=O. The monoisotopic (exact) mass is 227 g/mol. The zero-order valence-electron chi connectivity index (χ0n) is 11.7. The minimum Gasteiger partial charge on any atom is -0.369 e. The molecule has 0 atom stereocenters. The van der Waals surface area contributed by atoms with Crippen LogP contribution < -0.4 is 5.73 Å². The molecule has 2 N–H and O–H groups in total. The van der Waals surface area contributed by atoms with Crippen LogP contribution in [0.15, 0.2) is 0 Å². The molecule has 1 amide bonds. The Morgan fingerprint density at radius 3 is 1.81 bits per heavy atom. The van der Waals surface area contributed by atoms with Gasteiger partial charge in [0.1, 0.15) is 0 Å². The number of primary amides is 1. The summed E-state index contributed by atoms with van der Waals surface area (Å²) in [6, 6.07) is 0. The van der Waals surface area contributed by atoms with Crippen molar-refractivity contribution in [3.63, 3.8) is 0 Å². The molecule has 0 aliphatic rings. The van der Waals surface area contributed by atoms with Gasteiger partial charge < -0.3 is 5.73 Å². The second-order valence-electron chi connectivity index (χ2n) is 5.94. The summed E-state index contributed by atoms with van der Waals surface area (Å²) in [6.07, 6.45) is 5.05. The number of unbranched alkanes of at least 4 members (excludes halogenated alkanes) is 1. The summed E-state index contributed by atoms with van der Waals surface area (Å²) in [5, 5.41) is 0. The third-order valence-electron chi connectivity index (χ3n) is 3.13. The van der Waals surface area contributed by atoms with Crippen LogP contribution in [0, 0.1) is 17.3 Å². The van der Waals surface area contributed by atoms with Gasteiger partial charge in [0.2, 0.25) is 5.91 Å². The molecule has 0 aromatic heterocycles. The zero-order chi connectivity index (χ0) is 12.8. The van der Waals surface area contributed by atoms with E-state index >= 15 is 0 Å². The number of hydrogen-bond acceptors (Lipinski definition) is 1. The van der Waals surface area contributed by atoms with E-state index in [1.807, 2.05) is 0 Å². The molecule has 0 saturated carbocycles. The predicted molar refractivity (Wildman–Crippen MR) is 70.1 cm³/mol. The van der Waals surface area contributed by atoms with Gasteiger partial charge in [0, 0.05) is 5.41 Å². The minimum absolute atomic E-state index is 0.0941. The highest BCUT2D eigenvalue weighted by Gasteiger charge is 2.36. The van der Waals surface area contributed by atoms with E-state index in [2.05, 4.69) is 34.6 Å². The first-order valence-electron chi connectivity index (χ1n) is 6.64. The average Bonchev–Trinajstić information content (AvgIpc) is 2.11. The normalized spacial score (nSPS) is 12.4. The van der Waals surface area contributed by atoms with Crippen LogP contribution in [0.5, 0.6) is 0 Å². The number of amides is 1. The lowest BCUT2D eigenvalue weighted by atomic mass is 9.70. The second kappa shape index (κ2) is 6.93. The van der Waals surface area contributed by atoms with Crippen molar-refractivity contribution in [2.24, 2.45) is 23.0 Å². The molecule has 16 heavy (non-hydrogen) atoms. The lowest BCUT2D eigenvalue weighted by Gasteiger charge is -2.34. The Balaban J connectivity index is 4.81. The van der Waals surface area contributed by atoms with Crippen LogP contribution in [-0.2, 0) is 4.79 Å². The lowest BCUT2D eigenvalue weighted by molar-refractivity contribution is -0.130. The third kappa shape index (κ3) is 5.00. The van der Waals surface area contributed by atoms with Gasteiger partial charge in [-0.2, -0.15) is 0 Å². The maximum Gasteiger partial charge on any atom is 0.223 e. The van der Waals surface area contributed by atoms with Gasteiger partial charge in [-0.1, -0.05) is 47.5 Å². The fraction of sp³-hybridized carbons (Fsp3) is 0.929. The first-order valence-corrected chi connectivity index (χ1v) is 6.64. The Hall–Kier alpha value is -0.530. The molecule has 0 radical (unpaired) electrons. The molecular weight excluding hydrogens is 198 g/mol. The first-order chi connectivity index (χ1) is 7.34. The molecule has 2 heteroatoms. The standard InChI is InChI=1S/C14H29NO/c1-6-7-8-14(13(15)16,9-11(2)3)10-12(4)5/h11-12H,6-10H2,1-5H3,(H2,15,16). The molecule has 0 unspecified atom stereocenters. The number of carbonyl (C=O) groups excluding carboxylic acids is 1. The Bertz CT molecular complexity index is 199. The lowest BCUT2D eigenvalue weighted by Crippen LogP contribution is -2.39. The van der Waals surface area contributed by atoms with E-state index in [9.17, 15) is 4.79 Å². The summed E-state index contributed by atoms with van der Waals surface area (Å²) in [4.78, 5) is 11.8. The van der Waals surface area contributed by atoms with E-state index in [0.29, 0.717) is 11.8 Å². The minimum atomic E-state index is -0.266. The highest BCUT2D eigenvalue weighted by Crippen LogP contribution is 2.38. The smallest absolute Gasteiger partial charge is 0.223 e. The average molecular weight is 227 g/mol. The Morgan fingerprint density at radius 2 is 1.56 bits per heavy atom. The van der Waals surface area contributed by atoms with Gasteiger partial charge in [-0.3, -0.25) is 4.79 Å². The number of nitrogens with two attached hydrogens (primary N) is 1.